The third-order valence-corrected chi connectivity index (χ3v) is 5.80. The zero-order chi connectivity index (χ0) is 23.0. The molecule has 4 rings (SSSR count). The zero-order valence-corrected chi connectivity index (χ0v) is 18.7. The first kappa shape index (κ1) is 21.7. The first-order valence-electron chi connectivity index (χ1n) is 10.6. The summed E-state index contributed by atoms with van der Waals surface area (Å²) >= 11 is 0. The average molecular weight is 439 g/mol. The number of hydrogen-bond donors (Lipinski definition) is 1. The Morgan fingerprint density at radius 2 is 1.97 bits per heavy atom. The molecular formula is C23H27FN6O2. The molecule has 2 aromatic heterocycles. The summed E-state index contributed by atoms with van der Waals surface area (Å²) in [5.41, 5.74) is 1.85. The Kier molecular flexibility index (Phi) is 5.82. The highest BCUT2D eigenvalue weighted by Crippen LogP contribution is 2.33. The number of nitrogens with one attached hydrogen (secondary N) is 1. The van der Waals surface area contributed by atoms with E-state index in [1.807, 2.05) is 25.1 Å². The maximum atomic E-state index is 13.6. The van der Waals surface area contributed by atoms with E-state index >= 15 is 0 Å². The molecule has 0 radical (unpaired) electrons. The predicted octanol–water partition coefficient (Wildman–Crippen LogP) is 3.12. The molecule has 1 aromatic carbocycles. The lowest BCUT2D eigenvalue weighted by atomic mass is 10.2. The Labute approximate surface area is 186 Å². The molecule has 1 atom stereocenters. The fourth-order valence-electron chi connectivity index (χ4n) is 3.97. The lowest BCUT2D eigenvalue weighted by Crippen LogP contribution is -2.32. The second-order valence-corrected chi connectivity index (χ2v) is 8.42. The van der Waals surface area contributed by atoms with Gasteiger partial charge in [0.1, 0.15) is 17.3 Å². The van der Waals surface area contributed by atoms with Crippen molar-refractivity contribution >= 4 is 28.5 Å². The summed E-state index contributed by atoms with van der Waals surface area (Å²) in [6, 6.07) is 7.67. The molecule has 0 spiro atoms. The monoisotopic (exact) mass is 438 g/mol. The number of likely N-dealkylation sites (tertiary alicyclic amines) is 1. The lowest BCUT2D eigenvalue weighted by Gasteiger charge is -2.25. The topological polar surface area (TPSA) is 85.4 Å². The Morgan fingerprint density at radius 1 is 1.19 bits per heavy atom. The Hall–Kier alpha value is -3.49. The van der Waals surface area contributed by atoms with Gasteiger partial charge in [0.2, 0.25) is 5.91 Å². The number of anilines is 1. The summed E-state index contributed by atoms with van der Waals surface area (Å²) in [6.07, 6.45) is 1.59. The van der Waals surface area contributed by atoms with Gasteiger partial charge in [-0.15, -0.1) is 0 Å². The summed E-state index contributed by atoms with van der Waals surface area (Å²) in [5, 5.41) is 0.657. The Morgan fingerprint density at radius 3 is 2.69 bits per heavy atom. The SMILES string of the molecule is CC(=O)N(C)Cc1cc(N(C)C)nc([C@H]2CCCN2C(=O)c2cc3cc(F)ccc3[nH]2)n1. The minimum atomic E-state index is -0.341. The van der Waals surface area contributed by atoms with Crippen LogP contribution in [0.5, 0.6) is 0 Å². The summed E-state index contributed by atoms with van der Waals surface area (Å²) in [7, 11) is 5.51. The molecule has 1 aliphatic heterocycles. The number of H-pyrrole nitrogens is 1. The minimum Gasteiger partial charge on any atom is -0.363 e. The number of nitrogens with zero attached hydrogens (tertiary/aromatic N) is 5. The zero-order valence-electron chi connectivity index (χ0n) is 18.7. The lowest BCUT2D eigenvalue weighted by molar-refractivity contribution is -0.128. The van der Waals surface area contributed by atoms with E-state index in [1.54, 1.807) is 29.0 Å². The van der Waals surface area contributed by atoms with Gasteiger partial charge in [0.05, 0.1) is 18.3 Å². The van der Waals surface area contributed by atoms with Crippen LogP contribution in [0.15, 0.2) is 30.3 Å². The van der Waals surface area contributed by atoms with Crippen molar-refractivity contribution in [2.75, 3.05) is 32.6 Å². The van der Waals surface area contributed by atoms with Crippen LogP contribution in [0.1, 0.15) is 47.8 Å². The van der Waals surface area contributed by atoms with Crippen LogP contribution in [-0.2, 0) is 11.3 Å². The van der Waals surface area contributed by atoms with E-state index in [4.69, 9.17) is 9.97 Å². The molecule has 0 saturated carbocycles. The molecule has 1 aliphatic rings. The molecule has 9 heteroatoms. The molecular weight excluding hydrogens is 411 g/mol. The summed E-state index contributed by atoms with van der Waals surface area (Å²) in [6.45, 7) is 2.46. The number of carbonyl (C=O) groups is 2. The van der Waals surface area contributed by atoms with Crippen molar-refractivity contribution in [1.29, 1.82) is 0 Å². The number of aromatic nitrogens is 3. The number of carbonyl (C=O) groups excluding carboxylic acids is 2. The summed E-state index contributed by atoms with van der Waals surface area (Å²) < 4.78 is 13.6. The molecule has 1 saturated heterocycles. The molecule has 0 aliphatic carbocycles. The fourth-order valence-corrected chi connectivity index (χ4v) is 3.97. The van der Waals surface area contributed by atoms with E-state index < -0.39 is 0 Å². The van der Waals surface area contributed by atoms with Gasteiger partial charge in [-0.25, -0.2) is 14.4 Å². The predicted molar refractivity (Wildman–Crippen MR) is 120 cm³/mol. The minimum absolute atomic E-state index is 0.0514. The number of halogens is 1. The standard InChI is InChI=1S/C23H27FN6O2/c1-14(31)29(4)13-17-12-21(28(2)3)27-22(25-17)20-6-5-9-30(20)23(32)19-11-15-10-16(24)7-8-18(15)26-19/h7-8,10-12,20,26H,5-6,9,13H2,1-4H3/t20-/m1/s1. The molecule has 168 valence electrons. The maximum Gasteiger partial charge on any atom is 0.270 e. The molecule has 3 heterocycles. The van der Waals surface area contributed by atoms with Crippen LogP contribution >= 0.6 is 0 Å². The average Bonchev–Trinajstić information content (AvgIpc) is 3.39. The van der Waals surface area contributed by atoms with Crippen molar-refractivity contribution in [3.05, 3.63) is 53.4 Å². The second-order valence-electron chi connectivity index (χ2n) is 8.42. The first-order chi connectivity index (χ1) is 15.2. The van der Waals surface area contributed by atoms with Gasteiger partial charge in [-0.05, 0) is 37.1 Å². The van der Waals surface area contributed by atoms with Crippen LogP contribution in [0.4, 0.5) is 10.2 Å². The van der Waals surface area contributed by atoms with Crippen LogP contribution in [0.3, 0.4) is 0 Å². The molecule has 0 bridgehead atoms. The van der Waals surface area contributed by atoms with Crippen LogP contribution in [0, 0.1) is 5.82 Å². The molecule has 0 unspecified atom stereocenters. The number of hydrogen-bond acceptors (Lipinski definition) is 5. The van der Waals surface area contributed by atoms with Crippen molar-refractivity contribution in [3.8, 4) is 0 Å². The van der Waals surface area contributed by atoms with Gasteiger partial charge >= 0.3 is 0 Å². The highest BCUT2D eigenvalue weighted by atomic mass is 19.1. The molecule has 3 aromatic rings. The van der Waals surface area contributed by atoms with Gasteiger partial charge in [0.15, 0.2) is 5.82 Å². The van der Waals surface area contributed by atoms with Crippen LogP contribution in [0.25, 0.3) is 10.9 Å². The number of fused-ring (bicyclic) bond motifs is 1. The van der Waals surface area contributed by atoms with E-state index in [2.05, 4.69) is 4.98 Å². The van der Waals surface area contributed by atoms with Crippen molar-refractivity contribution < 1.29 is 14.0 Å². The van der Waals surface area contributed by atoms with Crippen LogP contribution < -0.4 is 4.90 Å². The smallest absolute Gasteiger partial charge is 0.270 e. The van der Waals surface area contributed by atoms with Crippen molar-refractivity contribution in [3.63, 3.8) is 0 Å². The van der Waals surface area contributed by atoms with E-state index in [9.17, 15) is 14.0 Å². The van der Waals surface area contributed by atoms with Gasteiger partial charge in [-0.3, -0.25) is 9.59 Å². The number of benzene rings is 1. The van der Waals surface area contributed by atoms with E-state index in [0.29, 0.717) is 35.5 Å². The highest BCUT2D eigenvalue weighted by molar-refractivity contribution is 5.98. The number of amides is 2. The van der Waals surface area contributed by atoms with Gasteiger partial charge < -0.3 is 19.7 Å². The molecule has 8 nitrogen and oxygen atoms in total. The van der Waals surface area contributed by atoms with Crippen molar-refractivity contribution in [2.24, 2.45) is 0 Å². The van der Waals surface area contributed by atoms with Gasteiger partial charge in [0, 0.05) is 51.6 Å². The summed E-state index contributed by atoms with van der Waals surface area (Å²) in [5.74, 6) is 0.736. The molecule has 1 fully saturated rings. The third-order valence-electron chi connectivity index (χ3n) is 5.80. The second kappa shape index (κ2) is 8.57. The van der Waals surface area contributed by atoms with Crippen LogP contribution in [-0.4, -0.2) is 64.3 Å². The molecule has 2 amide bonds. The van der Waals surface area contributed by atoms with Gasteiger partial charge in [-0.2, -0.15) is 0 Å². The molecule has 32 heavy (non-hydrogen) atoms. The van der Waals surface area contributed by atoms with Crippen LogP contribution in [0.2, 0.25) is 0 Å². The summed E-state index contributed by atoms with van der Waals surface area (Å²) in [4.78, 5) is 42.8. The van der Waals surface area contributed by atoms with E-state index in [-0.39, 0.29) is 23.7 Å². The number of rotatable bonds is 5. The fraction of sp³-hybridized carbons (Fsp3) is 0.391. The maximum absolute atomic E-state index is 13.6. The third kappa shape index (κ3) is 4.28. The number of aromatic amines is 1. The Bertz CT molecular complexity index is 1170. The first-order valence-corrected chi connectivity index (χ1v) is 10.6. The van der Waals surface area contributed by atoms with E-state index in [0.717, 1.165) is 24.4 Å². The largest absolute Gasteiger partial charge is 0.363 e. The quantitative estimate of drug-likeness (QED) is 0.662. The van der Waals surface area contributed by atoms with Gasteiger partial charge in [0.25, 0.3) is 5.91 Å². The van der Waals surface area contributed by atoms with E-state index in [1.165, 1.54) is 19.1 Å². The normalized spacial score (nSPS) is 15.9. The van der Waals surface area contributed by atoms with Crippen molar-refractivity contribution in [1.82, 2.24) is 24.8 Å². The molecule has 1 N–H and O–H groups in total. The van der Waals surface area contributed by atoms with Crippen molar-refractivity contribution in [2.45, 2.75) is 32.4 Å². The Balaban J connectivity index is 1.66. The van der Waals surface area contributed by atoms with Gasteiger partial charge in [-0.1, -0.05) is 0 Å². The highest BCUT2D eigenvalue weighted by Gasteiger charge is 2.34.